The lowest BCUT2D eigenvalue weighted by atomic mass is 10.2. The molecule has 1 N–H and O–H groups in total. The van der Waals surface area contributed by atoms with E-state index in [1.807, 2.05) is 7.05 Å². The van der Waals surface area contributed by atoms with E-state index < -0.39 is 0 Å². The first-order valence-corrected chi connectivity index (χ1v) is 3.66. The smallest absolute Gasteiger partial charge is 0.0863 e. The van der Waals surface area contributed by atoms with Crippen molar-refractivity contribution in [3.8, 4) is 0 Å². The maximum Gasteiger partial charge on any atom is 0.0863 e. The topological polar surface area (TPSA) is 24.5 Å². The molecule has 0 spiro atoms. The number of hydrogen-bond acceptors (Lipinski definition) is 3. The molecular weight excluding hydrogens is 128 g/mol. The highest BCUT2D eigenvalue weighted by Crippen LogP contribution is 2.09. The monoisotopic (exact) mass is 144 g/mol. The van der Waals surface area contributed by atoms with Crippen molar-refractivity contribution >= 4 is 0 Å². The zero-order chi connectivity index (χ0) is 7.56. The molecule has 2 atom stereocenters. The van der Waals surface area contributed by atoms with E-state index in [1.165, 1.54) is 0 Å². The molecule has 1 heterocycles. The van der Waals surface area contributed by atoms with Gasteiger partial charge in [-0.05, 0) is 14.1 Å². The van der Waals surface area contributed by atoms with Crippen LogP contribution in [-0.4, -0.2) is 51.3 Å². The van der Waals surface area contributed by atoms with E-state index in [2.05, 4.69) is 17.3 Å². The summed E-state index contributed by atoms with van der Waals surface area (Å²) in [4.78, 5) is 2.27. The van der Waals surface area contributed by atoms with Crippen molar-refractivity contribution in [3.63, 3.8) is 0 Å². The number of likely N-dealkylation sites (tertiary alicyclic amines) is 1. The van der Waals surface area contributed by atoms with Crippen molar-refractivity contribution in [1.29, 1.82) is 0 Å². The highest BCUT2D eigenvalue weighted by Gasteiger charge is 2.28. The third-order valence-corrected chi connectivity index (χ3v) is 2.12. The molecule has 0 aliphatic carbocycles. The van der Waals surface area contributed by atoms with Crippen LogP contribution in [0.2, 0.25) is 0 Å². The van der Waals surface area contributed by atoms with Crippen LogP contribution in [0.25, 0.3) is 0 Å². The summed E-state index contributed by atoms with van der Waals surface area (Å²) in [6, 6.07) is 0.509. The fraction of sp³-hybridized carbons (Fsp3) is 1.00. The summed E-state index contributed by atoms with van der Waals surface area (Å²) in [5, 5.41) is 3.23. The van der Waals surface area contributed by atoms with Crippen LogP contribution in [-0.2, 0) is 4.74 Å². The van der Waals surface area contributed by atoms with Gasteiger partial charge < -0.3 is 15.0 Å². The second-order valence-electron chi connectivity index (χ2n) is 2.89. The fourth-order valence-corrected chi connectivity index (χ4v) is 1.48. The first-order valence-electron chi connectivity index (χ1n) is 3.66. The molecule has 0 aromatic rings. The molecule has 1 aliphatic rings. The van der Waals surface area contributed by atoms with Gasteiger partial charge in [0.1, 0.15) is 0 Å². The Balaban J connectivity index is 2.41. The summed E-state index contributed by atoms with van der Waals surface area (Å²) in [5.41, 5.74) is 0. The van der Waals surface area contributed by atoms with Crippen LogP contribution in [0.15, 0.2) is 0 Å². The lowest BCUT2D eigenvalue weighted by Crippen LogP contribution is -2.37. The van der Waals surface area contributed by atoms with Crippen LogP contribution >= 0.6 is 0 Å². The molecule has 0 radical (unpaired) electrons. The maximum absolute atomic E-state index is 5.28. The Kier molecular flexibility index (Phi) is 2.65. The van der Waals surface area contributed by atoms with Gasteiger partial charge in [0.2, 0.25) is 0 Å². The van der Waals surface area contributed by atoms with E-state index in [0.717, 1.165) is 13.1 Å². The molecule has 0 saturated carbocycles. The van der Waals surface area contributed by atoms with Gasteiger partial charge in [0.05, 0.1) is 6.10 Å². The number of nitrogens with zero attached hydrogens (tertiary/aromatic N) is 1. The summed E-state index contributed by atoms with van der Waals surface area (Å²) in [5.74, 6) is 0. The van der Waals surface area contributed by atoms with Crippen molar-refractivity contribution < 1.29 is 4.74 Å². The van der Waals surface area contributed by atoms with Crippen LogP contribution in [0.1, 0.15) is 0 Å². The number of methoxy groups -OCH3 is 1. The van der Waals surface area contributed by atoms with Crippen molar-refractivity contribution in [2.24, 2.45) is 0 Å². The molecule has 0 bridgehead atoms. The fourth-order valence-electron chi connectivity index (χ4n) is 1.48. The van der Waals surface area contributed by atoms with Gasteiger partial charge in [-0.15, -0.1) is 0 Å². The number of hydrogen-bond donors (Lipinski definition) is 1. The summed E-state index contributed by atoms with van der Waals surface area (Å²) in [6.07, 6.45) is 0.370. The second-order valence-corrected chi connectivity index (χ2v) is 2.89. The molecule has 10 heavy (non-hydrogen) atoms. The van der Waals surface area contributed by atoms with Gasteiger partial charge in [0.15, 0.2) is 0 Å². The minimum absolute atomic E-state index is 0.370. The van der Waals surface area contributed by atoms with Crippen molar-refractivity contribution in [2.45, 2.75) is 12.1 Å². The number of likely N-dealkylation sites (N-methyl/N-ethyl adjacent to an activating group) is 2. The van der Waals surface area contributed by atoms with Gasteiger partial charge in [-0.1, -0.05) is 0 Å². The minimum atomic E-state index is 0.370. The van der Waals surface area contributed by atoms with E-state index in [9.17, 15) is 0 Å². The van der Waals surface area contributed by atoms with Gasteiger partial charge in [0.25, 0.3) is 0 Å². The SMILES string of the molecule is CN[C@H]1CN(C)C[C@H]1OC. The van der Waals surface area contributed by atoms with E-state index in [0.29, 0.717) is 12.1 Å². The summed E-state index contributed by atoms with van der Waals surface area (Å²) < 4.78 is 5.28. The predicted molar refractivity (Wildman–Crippen MR) is 41.1 cm³/mol. The molecule has 1 rings (SSSR count). The van der Waals surface area contributed by atoms with Crippen molar-refractivity contribution in [3.05, 3.63) is 0 Å². The lowest BCUT2D eigenvalue weighted by molar-refractivity contribution is 0.0935. The van der Waals surface area contributed by atoms with Crippen LogP contribution in [0.5, 0.6) is 0 Å². The second kappa shape index (κ2) is 3.32. The molecule has 3 heteroatoms. The minimum Gasteiger partial charge on any atom is -0.378 e. The highest BCUT2D eigenvalue weighted by molar-refractivity contribution is 4.87. The van der Waals surface area contributed by atoms with Crippen molar-refractivity contribution in [1.82, 2.24) is 10.2 Å². The molecule has 0 unspecified atom stereocenters. The third-order valence-electron chi connectivity index (χ3n) is 2.12. The van der Waals surface area contributed by atoms with E-state index in [1.54, 1.807) is 7.11 Å². The molecule has 0 aromatic heterocycles. The molecule has 3 nitrogen and oxygen atoms in total. The molecule has 60 valence electrons. The molecule has 0 amide bonds. The third kappa shape index (κ3) is 1.48. The largest absolute Gasteiger partial charge is 0.378 e. The van der Waals surface area contributed by atoms with Gasteiger partial charge in [-0.3, -0.25) is 0 Å². The van der Waals surface area contributed by atoms with Crippen LogP contribution in [0, 0.1) is 0 Å². The summed E-state index contributed by atoms with van der Waals surface area (Å²) in [6.45, 7) is 2.14. The van der Waals surface area contributed by atoms with Gasteiger partial charge in [-0.2, -0.15) is 0 Å². The Bertz CT molecular complexity index is 95.8. The Hall–Kier alpha value is -0.120. The van der Waals surface area contributed by atoms with E-state index in [4.69, 9.17) is 4.74 Å². The highest BCUT2D eigenvalue weighted by atomic mass is 16.5. The van der Waals surface area contributed by atoms with E-state index in [-0.39, 0.29) is 0 Å². The lowest BCUT2D eigenvalue weighted by Gasteiger charge is -2.14. The van der Waals surface area contributed by atoms with E-state index >= 15 is 0 Å². The normalized spacial score (nSPS) is 35.1. The zero-order valence-corrected chi connectivity index (χ0v) is 6.92. The zero-order valence-electron chi connectivity index (χ0n) is 6.92. The van der Waals surface area contributed by atoms with Crippen LogP contribution in [0.4, 0.5) is 0 Å². The molecule has 1 saturated heterocycles. The number of rotatable bonds is 2. The van der Waals surface area contributed by atoms with Crippen LogP contribution in [0.3, 0.4) is 0 Å². The Morgan fingerprint density at radius 1 is 1.50 bits per heavy atom. The van der Waals surface area contributed by atoms with Crippen LogP contribution < -0.4 is 5.32 Å². The molecule has 1 fully saturated rings. The quantitative estimate of drug-likeness (QED) is 0.567. The van der Waals surface area contributed by atoms with Gasteiger partial charge in [0, 0.05) is 26.2 Å². The van der Waals surface area contributed by atoms with Gasteiger partial charge in [-0.25, -0.2) is 0 Å². The van der Waals surface area contributed by atoms with Gasteiger partial charge >= 0.3 is 0 Å². The molecule has 1 aliphatic heterocycles. The molecule has 0 aromatic carbocycles. The summed E-state index contributed by atoms with van der Waals surface area (Å²) in [7, 11) is 5.87. The Morgan fingerprint density at radius 3 is 2.60 bits per heavy atom. The number of nitrogens with one attached hydrogen (secondary N) is 1. The Morgan fingerprint density at radius 2 is 2.20 bits per heavy atom. The number of ether oxygens (including phenoxy) is 1. The predicted octanol–water partition coefficient (Wildman–Crippen LogP) is -0.465. The molecular formula is C7H16N2O. The standard InChI is InChI=1S/C7H16N2O/c1-8-6-4-9(2)5-7(6)10-3/h6-8H,4-5H2,1-3H3/t6-,7+/m0/s1. The van der Waals surface area contributed by atoms with Crippen molar-refractivity contribution in [2.75, 3.05) is 34.3 Å². The Labute approximate surface area is 62.3 Å². The summed E-state index contributed by atoms with van der Waals surface area (Å²) >= 11 is 0. The first kappa shape index (κ1) is 7.98. The average Bonchev–Trinajstić information content (AvgIpc) is 2.30. The maximum atomic E-state index is 5.28. The average molecular weight is 144 g/mol. The first-order chi connectivity index (χ1) is 4.77.